The Morgan fingerprint density at radius 1 is 1.10 bits per heavy atom. The van der Waals surface area contributed by atoms with E-state index in [4.69, 9.17) is 10.5 Å². The second-order valence-electron chi connectivity index (χ2n) is 4.29. The van der Waals surface area contributed by atoms with Crippen molar-refractivity contribution in [2.24, 2.45) is 0 Å². The van der Waals surface area contributed by atoms with Gasteiger partial charge >= 0.3 is 6.01 Å². The lowest BCUT2D eigenvalue weighted by atomic mass is 10.2. The number of nitrogens with two attached hydrogens (primary N) is 1. The number of aryl methyl sites for hydroxylation is 1. The standard InChI is InChI=1S/C14H19N5O/c1-4-19(11-8-6-10(3)7-9-11)13-16-12(15)17-14(18-13)20-5-2/h6-9H,4-5H2,1-3H3,(H2,15,16,17,18). The molecule has 0 radical (unpaired) electrons. The molecular formula is C14H19N5O. The topological polar surface area (TPSA) is 77.2 Å². The van der Waals surface area contributed by atoms with Crippen molar-refractivity contribution in [2.75, 3.05) is 23.8 Å². The fourth-order valence-electron chi connectivity index (χ4n) is 1.84. The highest BCUT2D eigenvalue weighted by atomic mass is 16.5. The van der Waals surface area contributed by atoms with Gasteiger partial charge in [-0.3, -0.25) is 0 Å². The Bertz CT molecular complexity index is 570. The molecule has 2 rings (SSSR count). The van der Waals surface area contributed by atoms with Crippen LogP contribution in [0, 0.1) is 6.92 Å². The number of ether oxygens (including phenoxy) is 1. The maximum Gasteiger partial charge on any atom is 0.323 e. The smallest absolute Gasteiger partial charge is 0.323 e. The van der Waals surface area contributed by atoms with Gasteiger partial charge in [-0.1, -0.05) is 17.7 Å². The van der Waals surface area contributed by atoms with Gasteiger partial charge in [-0.05, 0) is 32.9 Å². The van der Waals surface area contributed by atoms with E-state index in [1.165, 1.54) is 5.56 Å². The van der Waals surface area contributed by atoms with Crippen molar-refractivity contribution >= 4 is 17.6 Å². The predicted octanol–water partition coefficient (Wildman–Crippen LogP) is 2.32. The molecule has 0 saturated carbocycles. The van der Waals surface area contributed by atoms with Gasteiger partial charge in [0, 0.05) is 12.2 Å². The Kier molecular flexibility index (Phi) is 4.34. The van der Waals surface area contributed by atoms with Crippen LogP contribution in [0.25, 0.3) is 0 Å². The molecule has 0 fully saturated rings. The summed E-state index contributed by atoms with van der Waals surface area (Å²) < 4.78 is 5.31. The van der Waals surface area contributed by atoms with Crippen molar-refractivity contribution in [3.63, 3.8) is 0 Å². The van der Waals surface area contributed by atoms with E-state index in [0.29, 0.717) is 12.6 Å². The minimum Gasteiger partial charge on any atom is -0.464 e. The number of nitrogens with zero attached hydrogens (tertiary/aromatic N) is 4. The van der Waals surface area contributed by atoms with Crippen LogP contribution in [0.15, 0.2) is 24.3 Å². The van der Waals surface area contributed by atoms with E-state index in [2.05, 4.69) is 15.0 Å². The quantitative estimate of drug-likeness (QED) is 0.900. The maximum absolute atomic E-state index is 5.72. The zero-order valence-corrected chi connectivity index (χ0v) is 12.0. The fourth-order valence-corrected chi connectivity index (χ4v) is 1.84. The third-order valence-electron chi connectivity index (χ3n) is 2.80. The number of anilines is 3. The Morgan fingerprint density at radius 2 is 1.80 bits per heavy atom. The number of aromatic nitrogens is 3. The van der Waals surface area contributed by atoms with Crippen molar-refractivity contribution in [2.45, 2.75) is 20.8 Å². The summed E-state index contributed by atoms with van der Waals surface area (Å²) in [6, 6.07) is 8.40. The molecule has 0 atom stereocenters. The van der Waals surface area contributed by atoms with Crippen molar-refractivity contribution in [3.8, 4) is 6.01 Å². The average Bonchev–Trinajstić information content (AvgIpc) is 2.41. The van der Waals surface area contributed by atoms with Crippen molar-refractivity contribution in [3.05, 3.63) is 29.8 Å². The molecule has 1 aromatic heterocycles. The maximum atomic E-state index is 5.72. The van der Waals surface area contributed by atoms with Crippen LogP contribution in [0.2, 0.25) is 0 Å². The van der Waals surface area contributed by atoms with Crippen LogP contribution in [0.3, 0.4) is 0 Å². The van der Waals surface area contributed by atoms with Gasteiger partial charge in [0.05, 0.1) is 6.61 Å². The van der Waals surface area contributed by atoms with Gasteiger partial charge < -0.3 is 15.4 Å². The molecule has 0 spiro atoms. The number of hydrogen-bond acceptors (Lipinski definition) is 6. The molecule has 1 heterocycles. The third kappa shape index (κ3) is 3.14. The van der Waals surface area contributed by atoms with Gasteiger partial charge in [0.1, 0.15) is 0 Å². The van der Waals surface area contributed by atoms with Gasteiger partial charge in [-0.2, -0.15) is 15.0 Å². The van der Waals surface area contributed by atoms with Crippen molar-refractivity contribution < 1.29 is 4.74 Å². The first-order valence-electron chi connectivity index (χ1n) is 6.62. The normalized spacial score (nSPS) is 10.3. The largest absolute Gasteiger partial charge is 0.464 e. The van der Waals surface area contributed by atoms with E-state index in [1.807, 2.05) is 49.9 Å². The summed E-state index contributed by atoms with van der Waals surface area (Å²) in [7, 11) is 0. The monoisotopic (exact) mass is 273 g/mol. The second-order valence-corrected chi connectivity index (χ2v) is 4.29. The fraction of sp³-hybridized carbons (Fsp3) is 0.357. The van der Waals surface area contributed by atoms with Gasteiger partial charge in [-0.25, -0.2) is 0 Å². The van der Waals surface area contributed by atoms with E-state index in [1.54, 1.807) is 0 Å². The molecule has 0 aliphatic rings. The number of nitrogen functional groups attached to an aromatic ring is 1. The summed E-state index contributed by atoms with van der Waals surface area (Å²) in [6.07, 6.45) is 0. The van der Waals surface area contributed by atoms with E-state index < -0.39 is 0 Å². The Morgan fingerprint density at radius 3 is 2.40 bits per heavy atom. The van der Waals surface area contributed by atoms with Crippen LogP contribution in [0.1, 0.15) is 19.4 Å². The summed E-state index contributed by atoms with van der Waals surface area (Å²) >= 11 is 0. The van der Waals surface area contributed by atoms with Gasteiger partial charge in [0.2, 0.25) is 11.9 Å². The molecule has 2 N–H and O–H groups in total. The third-order valence-corrected chi connectivity index (χ3v) is 2.80. The molecule has 2 aromatic rings. The van der Waals surface area contributed by atoms with E-state index >= 15 is 0 Å². The number of rotatable bonds is 5. The van der Waals surface area contributed by atoms with Gasteiger partial charge in [-0.15, -0.1) is 0 Å². The summed E-state index contributed by atoms with van der Waals surface area (Å²) in [6.45, 7) is 7.16. The van der Waals surface area contributed by atoms with Gasteiger partial charge in [0.25, 0.3) is 0 Å². The van der Waals surface area contributed by atoms with Crippen LogP contribution in [-0.4, -0.2) is 28.1 Å². The van der Waals surface area contributed by atoms with E-state index in [9.17, 15) is 0 Å². The lowest BCUT2D eigenvalue weighted by Gasteiger charge is -2.21. The molecule has 106 valence electrons. The predicted molar refractivity (Wildman–Crippen MR) is 79.3 cm³/mol. The second kappa shape index (κ2) is 6.18. The first-order chi connectivity index (χ1) is 9.63. The highest BCUT2D eigenvalue weighted by Crippen LogP contribution is 2.23. The van der Waals surface area contributed by atoms with Crippen molar-refractivity contribution in [1.29, 1.82) is 0 Å². The van der Waals surface area contributed by atoms with Crippen LogP contribution < -0.4 is 15.4 Å². The lowest BCUT2D eigenvalue weighted by Crippen LogP contribution is -2.20. The zero-order chi connectivity index (χ0) is 14.5. The number of benzene rings is 1. The molecule has 1 aromatic carbocycles. The summed E-state index contributed by atoms with van der Waals surface area (Å²) in [5.74, 6) is 0.649. The van der Waals surface area contributed by atoms with E-state index in [-0.39, 0.29) is 12.0 Å². The molecule has 0 amide bonds. The van der Waals surface area contributed by atoms with Crippen LogP contribution in [0.5, 0.6) is 6.01 Å². The summed E-state index contributed by atoms with van der Waals surface area (Å²) in [5.41, 5.74) is 7.92. The molecule has 6 heteroatoms. The summed E-state index contributed by atoms with van der Waals surface area (Å²) in [5, 5.41) is 0. The first-order valence-corrected chi connectivity index (χ1v) is 6.62. The molecular weight excluding hydrogens is 254 g/mol. The highest BCUT2D eigenvalue weighted by molar-refractivity contribution is 5.58. The summed E-state index contributed by atoms with van der Waals surface area (Å²) in [4.78, 5) is 14.4. The van der Waals surface area contributed by atoms with Crippen LogP contribution >= 0.6 is 0 Å². The van der Waals surface area contributed by atoms with Gasteiger partial charge in [0.15, 0.2) is 0 Å². The molecule has 0 aliphatic heterocycles. The molecule has 0 bridgehead atoms. The molecule has 20 heavy (non-hydrogen) atoms. The molecule has 0 saturated heterocycles. The van der Waals surface area contributed by atoms with Crippen LogP contribution in [0.4, 0.5) is 17.6 Å². The Balaban J connectivity index is 2.38. The van der Waals surface area contributed by atoms with E-state index in [0.717, 1.165) is 12.2 Å². The zero-order valence-electron chi connectivity index (χ0n) is 12.0. The highest BCUT2D eigenvalue weighted by Gasteiger charge is 2.13. The van der Waals surface area contributed by atoms with Crippen LogP contribution in [-0.2, 0) is 0 Å². The van der Waals surface area contributed by atoms with Crippen molar-refractivity contribution in [1.82, 2.24) is 15.0 Å². The Hall–Kier alpha value is -2.37. The molecule has 0 unspecified atom stereocenters. The lowest BCUT2D eigenvalue weighted by molar-refractivity contribution is 0.312. The SMILES string of the molecule is CCOc1nc(N)nc(N(CC)c2ccc(C)cc2)n1. The number of hydrogen-bond donors (Lipinski definition) is 1. The minimum absolute atomic E-state index is 0.156. The minimum atomic E-state index is 0.156. The first kappa shape index (κ1) is 14.0. The molecule has 0 aliphatic carbocycles. The molecule has 6 nitrogen and oxygen atoms in total. The Labute approximate surface area is 118 Å². The average molecular weight is 273 g/mol.